The number of fused-ring (bicyclic) bond motifs is 2. The fourth-order valence-electron chi connectivity index (χ4n) is 5.18. The molecular weight excluding hydrogens is 466 g/mol. The number of aromatic nitrogens is 2. The third kappa shape index (κ3) is 4.63. The molecule has 2 N–H and O–H groups in total. The third-order valence-corrected chi connectivity index (χ3v) is 7.23. The lowest BCUT2D eigenvalue weighted by Crippen LogP contribution is -2.47. The molecule has 4 aromatic rings. The second kappa shape index (κ2) is 10.2. The SMILES string of the molecule is COc1cc(OC)c2c(=O)c3cc(N)c(N4CCN(c5ccccn5)CC4)cc3n(CCC(C)C)c2c1. The van der Waals surface area contributed by atoms with Crippen LogP contribution in [0, 0.1) is 5.92 Å². The quantitative estimate of drug-likeness (QED) is 0.294. The first kappa shape index (κ1) is 24.7. The van der Waals surface area contributed by atoms with Crippen LogP contribution in [0.3, 0.4) is 0 Å². The van der Waals surface area contributed by atoms with E-state index < -0.39 is 0 Å². The van der Waals surface area contributed by atoms with Gasteiger partial charge in [0.15, 0.2) is 0 Å². The molecule has 8 nitrogen and oxygen atoms in total. The van der Waals surface area contributed by atoms with Gasteiger partial charge in [-0.1, -0.05) is 19.9 Å². The van der Waals surface area contributed by atoms with E-state index in [1.807, 2.05) is 36.5 Å². The Labute approximate surface area is 217 Å². The fourth-order valence-corrected chi connectivity index (χ4v) is 5.18. The smallest absolute Gasteiger partial charge is 0.201 e. The van der Waals surface area contributed by atoms with Gasteiger partial charge in [-0.15, -0.1) is 0 Å². The van der Waals surface area contributed by atoms with Crippen molar-refractivity contribution in [2.45, 2.75) is 26.8 Å². The lowest BCUT2D eigenvalue weighted by atomic mass is 10.0. The summed E-state index contributed by atoms with van der Waals surface area (Å²) in [6.07, 6.45) is 2.79. The molecule has 2 aromatic heterocycles. The zero-order chi connectivity index (χ0) is 26.1. The summed E-state index contributed by atoms with van der Waals surface area (Å²) in [6, 6.07) is 13.6. The molecule has 0 spiro atoms. The highest BCUT2D eigenvalue weighted by Gasteiger charge is 2.23. The number of nitrogens with zero attached hydrogens (tertiary/aromatic N) is 4. The summed E-state index contributed by atoms with van der Waals surface area (Å²) in [5, 5.41) is 1.16. The zero-order valence-electron chi connectivity index (χ0n) is 22.0. The Morgan fingerprint density at radius 2 is 1.73 bits per heavy atom. The number of piperazine rings is 1. The van der Waals surface area contributed by atoms with Crippen molar-refractivity contribution in [3.8, 4) is 11.5 Å². The van der Waals surface area contributed by atoms with Crippen molar-refractivity contribution in [1.29, 1.82) is 0 Å². The van der Waals surface area contributed by atoms with Gasteiger partial charge in [0, 0.05) is 56.4 Å². The first-order chi connectivity index (χ1) is 17.9. The number of benzene rings is 2. The van der Waals surface area contributed by atoms with Crippen LogP contribution >= 0.6 is 0 Å². The van der Waals surface area contributed by atoms with Crippen molar-refractivity contribution in [3.63, 3.8) is 0 Å². The molecule has 37 heavy (non-hydrogen) atoms. The van der Waals surface area contributed by atoms with Crippen molar-refractivity contribution in [2.24, 2.45) is 5.92 Å². The van der Waals surface area contributed by atoms with Gasteiger partial charge in [-0.05, 0) is 36.6 Å². The molecule has 0 amide bonds. The van der Waals surface area contributed by atoms with Crippen LogP contribution in [0.5, 0.6) is 11.5 Å². The first-order valence-corrected chi connectivity index (χ1v) is 12.8. The highest BCUT2D eigenvalue weighted by atomic mass is 16.5. The van der Waals surface area contributed by atoms with Gasteiger partial charge in [-0.25, -0.2) is 4.98 Å². The van der Waals surface area contributed by atoms with Gasteiger partial charge in [0.25, 0.3) is 0 Å². The maximum atomic E-state index is 13.8. The van der Waals surface area contributed by atoms with Crippen LogP contribution in [-0.4, -0.2) is 49.9 Å². The van der Waals surface area contributed by atoms with Gasteiger partial charge in [0.05, 0.1) is 42.0 Å². The minimum Gasteiger partial charge on any atom is -0.497 e. The Balaban J connectivity index is 1.63. The average molecular weight is 502 g/mol. The van der Waals surface area contributed by atoms with Crippen molar-refractivity contribution in [1.82, 2.24) is 9.55 Å². The van der Waals surface area contributed by atoms with Gasteiger partial charge in [-0.3, -0.25) is 4.79 Å². The van der Waals surface area contributed by atoms with E-state index >= 15 is 0 Å². The molecule has 3 heterocycles. The number of pyridine rings is 2. The van der Waals surface area contributed by atoms with Crippen molar-refractivity contribution < 1.29 is 9.47 Å². The van der Waals surface area contributed by atoms with E-state index in [1.54, 1.807) is 20.3 Å². The van der Waals surface area contributed by atoms with Crippen molar-refractivity contribution in [3.05, 3.63) is 58.9 Å². The normalized spacial score (nSPS) is 14.1. The molecule has 0 radical (unpaired) electrons. The predicted octanol–water partition coefficient (Wildman–Crippen LogP) is 4.52. The molecule has 194 valence electrons. The van der Waals surface area contributed by atoms with Gasteiger partial charge in [0.2, 0.25) is 5.43 Å². The number of hydrogen-bond acceptors (Lipinski definition) is 7. The number of anilines is 3. The van der Waals surface area contributed by atoms with E-state index in [-0.39, 0.29) is 5.43 Å². The van der Waals surface area contributed by atoms with Crippen LogP contribution < -0.4 is 30.4 Å². The number of methoxy groups -OCH3 is 2. The standard InChI is InChI=1S/C29H35N5O3/c1-19(2)8-10-34-23-18-24(32-11-13-33(14-12-32)27-7-5-6-9-31-27)22(30)17-21(23)29(35)28-25(34)15-20(36-3)16-26(28)37-4/h5-7,9,15-19H,8,10-14,30H2,1-4H3. The van der Waals surface area contributed by atoms with Crippen LogP contribution in [0.4, 0.5) is 17.2 Å². The molecule has 0 saturated carbocycles. The maximum Gasteiger partial charge on any atom is 0.201 e. The van der Waals surface area contributed by atoms with Crippen molar-refractivity contribution in [2.75, 3.05) is 55.9 Å². The summed E-state index contributed by atoms with van der Waals surface area (Å²) in [7, 11) is 3.21. The summed E-state index contributed by atoms with van der Waals surface area (Å²) in [5.41, 5.74) is 9.78. The van der Waals surface area contributed by atoms with Crippen LogP contribution in [-0.2, 0) is 6.54 Å². The van der Waals surface area contributed by atoms with Gasteiger partial charge in [-0.2, -0.15) is 0 Å². The maximum absolute atomic E-state index is 13.8. The molecule has 1 aliphatic heterocycles. The van der Waals surface area contributed by atoms with E-state index in [0.29, 0.717) is 33.9 Å². The second-order valence-corrected chi connectivity index (χ2v) is 9.98. The first-order valence-electron chi connectivity index (χ1n) is 12.8. The van der Waals surface area contributed by atoms with E-state index in [9.17, 15) is 4.79 Å². The second-order valence-electron chi connectivity index (χ2n) is 9.98. The lowest BCUT2D eigenvalue weighted by Gasteiger charge is -2.37. The monoisotopic (exact) mass is 501 g/mol. The van der Waals surface area contributed by atoms with Gasteiger partial charge in [0.1, 0.15) is 17.3 Å². The molecule has 5 rings (SSSR count). The van der Waals surface area contributed by atoms with Crippen LogP contribution in [0.25, 0.3) is 21.8 Å². The summed E-state index contributed by atoms with van der Waals surface area (Å²) in [4.78, 5) is 22.9. The number of hydrogen-bond donors (Lipinski definition) is 1. The number of aryl methyl sites for hydroxylation is 1. The molecule has 2 aromatic carbocycles. The summed E-state index contributed by atoms with van der Waals surface area (Å²) >= 11 is 0. The summed E-state index contributed by atoms with van der Waals surface area (Å²) < 4.78 is 13.4. The zero-order valence-corrected chi connectivity index (χ0v) is 22.0. The highest BCUT2D eigenvalue weighted by Crippen LogP contribution is 2.35. The Morgan fingerprint density at radius 3 is 2.38 bits per heavy atom. The molecule has 0 aliphatic carbocycles. The summed E-state index contributed by atoms with van der Waals surface area (Å²) in [5.74, 6) is 2.66. The Morgan fingerprint density at radius 1 is 0.973 bits per heavy atom. The van der Waals surface area contributed by atoms with Gasteiger partial charge >= 0.3 is 0 Å². The van der Waals surface area contributed by atoms with Crippen molar-refractivity contribution >= 4 is 39.0 Å². The minimum atomic E-state index is -0.0801. The molecule has 1 aliphatic rings. The number of nitrogen functional groups attached to an aromatic ring is 1. The molecule has 1 saturated heterocycles. The predicted molar refractivity (Wildman–Crippen MR) is 151 cm³/mol. The Hall–Kier alpha value is -3.94. The summed E-state index contributed by atoms with van der Waals surface area (Å²) in [6.45, 7) is 8.51. The number of nitrogens with two attached hydrogens (primary N) is 1. The largest absolute Gasteiger partial charge is 0.497 e. The molecule has 8 heteroatoms. The average Bonchev–Trinajstić information content (AvgIpc) is 2.92. The van der Waals surface area contributed by atoms with Crippen LogP contribution in [0.2, 0.25) is 0 Å². The van der Waals surface area contributed by atoms with Crippen LogP contribution in [0.15, 0.2) is 53.5 Å². The van der Waals surface area contributed by atoms with E-state index in [1.165, 1.54) is 0 Å². The Kier molecular flexibility index (Phi) is 6.82. The molecule has 0 bridgehead atoms. The van der Waals surface area contributed by atoms with Crippen LogP contribution in [0.1, 0.15) is 20.3 Å². The third-order valence-electron chi connectivity index (χ3n) is 7.23. The minimum absolute atomic E-state index is 0.0801. The van der Waals surface area contributed by atoms with E-state index in [4.69, 9.17) is 15.2 Å². The topological polar surface area (TPSA) is 85.8 Å². The number of ether oxygens (including phenoxy) is 2. The van der Waals surface area contributed by atoms with E-state index in [2.05, 4.69) is 39.3 Å². The van der Waals surface area contributed by atoms with E-state index in [0.717, 1.165) is 61.7 Å². The highest BCUT2D eigenvalue weighted by molar-refractivity contribution is 6.00. The number of rotatable bonds is 7. The van der Waals surface area contributed by atoms with Gasteiger partial charge < -0.3 is 29.6 Å². The molecule has 1 fully saturated rings. The lowest BCUT2D eigenvalue weighted by molar-refractivity contribution is 0.397. The fraction of sp³-hybridized carbons (Fsp3) is 0.379. The molecule has 0 atom stereocenters. The Bertz CT molecular complexity index is 1470. The molecule has 0 unspecified atom stereocenters. The molecular formula is C29H35N5O3.